The molecule has 0 bridgehead atoms. The van der Waals surface area contributed by atoms with Crippen LogP contribution in [-0.2, 0) is 0 Å². The highest BCUT2D eigenvalue weighted by Crippen LogP contribution is 2.28. The summed E-state index contributed by atoms with van der Waals surface area (Å²) in [4.78, 5) is 5.58. The second-order valence-electron chi connectivity index (χ2n) is 4.67. The number of thiocarbonyl (C=S) groups is 1. The number of hydrogen-bond donors (Lipinski definition) is 1. The number of benzene rings is 2. The van der Waals surface area contributed by atoms with Crippen LogP contribution in [0.2, 0.25) is 0 Å². The molecule has 19 heavy (non-hydrogen) atoms. The van der Waals surface area contributed by atoms with Crippen LogP contribution in [0.1, 0.15) is 17.5 Å². The summed E-state index contributed by atoms with van der Waals surface area (Å²) in [7, 11) is 0. The third kappa shape index (κ3) is 2.56. The quantitative estimate of drug-likeness (QED) is 0.780. The molecule has 1 heterocycles. The molecule has 1 N–H and O–H groups in total. The Bertz CT molecular complexity index is 674. The van der Waals surface area contributed by atoms with Gasteiger partial charge in [0.05, 0.1) is 22.1 Å². The van der Waals surface area contributed by atoms with Crippen molar-refractivity contribution in [3.8, 4) is 0 Å². The van der Waals surface area contributed by atoms with Crippen LogP contribution in [0.4, 0.5) is 11.4 Å². The van der Waals surface area contributed by atoms with Gasteiger partial charge in [0.15, 0.2) is 0 Å². The Morgan fingerprint density at radius 1 is 1.11 bits per heavy atom. The van der Waals surface area contributed by atoms with Gasteiger partial charge in [0.25, 0.3) is 0 Å². The molecule has 3 heteroatoms. The number of aliphatic imine (C=N–C) groups is 1. The third-order valence-corrected chi connectivity index (χ3v) is 3.36. The van der Waals surface area contributed by atoms with Crippen molar-refractivity contribution >= 4 is 34.3 Å². The number of rotatable bonds is 1. The van der Waals surface area contributed by atoms with Crippen LogP contribution in [0.15, 0.2) is 53.5 Å². The number of hydrogen-bond acceptors (Lipinski definition) is 2. The fourth-order valence-electron chi connectivity index (χ4n) is 2.20. The first-order valence-corrected chi connectivity index (χ1v) is 6.67. The monoisotopic (exact) mass is 266 g/mol. The average Bonchev–Trinajstić information content (AvgIpc) is 2.56. The molecule has 0 saturated heterocycles. The zero-order valence-electron chi connectivity index (χ0n) is 10.7. The molecule has 0 aromatic heterocycles. The zero-order valence-corrected chi connectivity index (χ0v) is 11.5. The third-order valence-electron chi connectivity index (χ3n) is 3.11. The SMILES string of the molecule is Cc1cccc(C2=Nc3ccccc3NC(=S)C2)c1. The number of nitrogens with zero attached hydrogens (tertiary/aromatic N) is 1. The Labute approximate surface area is 118 Å². The lowest BCUT2D eigenvalue weighted by atomic mass is 10.0. The van der Waals surface area contributed by atoms with Crippen LogP contribution in [0.5, 0.6) is 0 Å². The van der Waals surface area contributed by atoms with Crippen molar-refractivity contribution in [2.75, 3.05) is 5.32 Å². The lowest BCUT2D eigenvalue weighted by Gasteiger charge is -2.06. The number of aryl methyl sites for hydroxylation is 1. The molecule has 2 nitrogen and oxygen atoms in total. The summed E-state index contributed by atoms with van der Waals surface area (Å²) in [6, 6.07) is 16.4. The number of nitrogens with one attached hydrogen (secondary N) is 1. The van der Waals surface area contributed by atoms with Crippen molar-refractivity contribution in [3.05, 3.63) is 59.7 Å². The van der Waals surface area contributed by atoms with E-state index in [2.05, 4.69) is 36.5 Å². The smallest absolute Gasteiger partial charge is 0.0868 e. The molecule has 0 aliphatic carbocycles. The van der Waals surface area contributed by atoms with Gasteiger partial charge < -0.3 is 5.32 Å². The summed E-state index contributed by atoms with van der Waals surface area (Å²) in [5.41, 5.74) is 5.32. The highest BCUT2D eigenvalue weighted by molar-refractivity contribution is 7.80. The van der Waals surface area contributed by atoms with E-state index in [1.54, 1.807) is 0 Å². The van der Waals surface area contributed by atoms with E-state index in [-0.39, 0.29) is 0 Å². The second kappa shape index (κ2) is 4.94. The Hall–Kier alpha value is -2.00. The van der Waals surface area contributed by atoms with Crippen LogP contribution < -0.4 is 5.32 Å². The fraction of sp³-hybridized carbons (Fsp3) is 0.125. The number of para-hydroxylation sites is 2. The molecule has 0 fully saturated rings. The molecular weight excluding hydrogens is 252 g/mol. The molecule has 0 atom stereocenters. The highest BCUT2D eigenvalue weighted by Gasteiger charge is 2.14. The van der Waals surface area contributed by atoms with E-state index in [0.717, 1.165) is 27.6 Å². The van der Waals surface area contributed by atoms with Gasteiger partial charge in [0, 0.05) is 6.42 Å². The lowest BCUT2D eigenvalue weighted by Crippen LogP contribution is -2.12. The fourth-order valence-corrected chi connectivity index (χ4v) is 2.45. The van der Waals surface area contributed by atoms with Crippen molar-refractivity contribution in [3.63, 3.8) is 0 Å². The van der Waals surface area contributed by atoms with Gasteiger partial charge in [-0.2, -0.15) is 0 Å². The van der Waals surface area contributed by atoms with Gasteiger partial charge in [-0.3, -0.25) is 4.99 Å². The Morgan fingerprint density at radius 3 is 2.79 bits per heavy atom. The largest absolute Gasteiger partial charge is 0.348 e. The van der Waals surface area contributed by atoms with Crippen molar-refractivity contribution in [2.45, 2.75) is 13.3 Å². The Balaban J connectivity index is 2.11. The summed E-state index contributed by atoms with van der Waals surface area (Å²) in [6.45, 7) is 2.09. The van der Waals surface area contributed by atoms with Gasteiger partial charge in [-0.05, 0) is 24.6 Å². The van der Waals surface area contributed by atoms with E-state index in [1.165, 1.54) is 5.56 Å². The summed E-state index contributed by atoms with van der Waals surface area (Å²) >= 11 is 5.39. The maximum Gasteiger partial charge on any atom is 0.0868 e. The molecule has 1 aliphatic rings. The van der Waals surface area contributed by atoms with Crippen molar-refractivity contribution in [1.29, 1.82) is 0 Å². The molecule has 1 aliphatic heterocycles. The molecule has 0 amide bonds. The van der Waals surface area contributed by atoms with Crippen LogP contribution in [-0.4, -0.2) is 10.7 Å². The predicted octanol–water partition coefficient (Wildman–Crippen LogP) is 4.26. The first-order chi connectivity index (χ1) is 9.22. The van der Waals surface area contributed by atoms with Gasteiger partial charge in [-0.15, -0.1) is 0 Å². The molecule has 0 spiro atoms. The maximum atomic E-state index is 5.39. The number of anilines is 1. The molecule has 2 aromatic rings. The molecule has 94 valence electrons. The molecule has 0 radical (unpaired) electrons. The van der Waals surface area contributed by atoms with Crippen molar-refractivity contribution in [1.82, 2.24) is 0 Å². The summed E-state index contributed by atoms with van der Waals surface area (Å²) < 4.78 is 0. The number of fused-ring (bicyclic) bond motifs is 1. The molecule has 2 aromatic carbocycles. The van der Waals surface area contributed by atoms with E-state index >= 15 is 0 Å². The van der Waals surface area contributed by atoms with Gasteiger partial charge >= 0.3 is 0 Å². The van der Waals surface area contributed by atoms with Crippen molar-refractivity contribution < 1.29 is 0 Å². The molecular formula is C16H14N2S. The van der Waals surface area contributed by atoms with Crippen LogP contribution >= 0.6 is 12.2 Å². The van der Waals surface area contributed by atoms with Crippen molar-refractivity contribution in [2.24, 2.45) is 4.99 Å². The summed E-state index contributed by atoms with van der Waals surface area (Å²) in [6.07, 6.45) is 0.674. The van der Waals surface area contributed by atoms with E-state index < -0.39 is 0 Å². The van der Waals surface area contributed by atoms with Crippen LogP contribution in [0, 0.1) is 6.92 Å². The maximum absolute atomic E-state index is 5.39. The topological polar surface area (TPSA) is 24.4 Å². The predicted molar refractivity (Wildman–Crippen MR) is 84.7 cm³/mol. The Morgan fingerprint density at radius 2 is 1.95 bits per heavy atom. The van der Waals surface area contributed by atoms with Gasteiger partial charge in [0.2, 0.25) is 0 Å². The van der Waals surface area contributed by atoms with E-state index in [4.69, 9.17) is 17.2 Å². The summed E-state index contributed by atoms with van der Waals surface area (Å²) in [5, 5.41) is 3.25. The van der Waals surface area contributed by atoms with E-state index in [1.807, 2.05) is 24.3 Å². The second-order valence-corrected chi connectivity index (χ2v) is 5.16. The highest BCUT2D eigenvalue weighted by atomic mass is 32.1. The minimum Gasteiger partial charge on any atom is -0.348 e. The van der Waals surface area contributed by atoms with Crippen LogP contribution in [0.3, 0.4) is 0 Å². The molecule has 3 rings (SSSR count). The normalized spacial score (nSPS) is 14.2. The Kier molecular flexibility index (Phi) is 3.13. The summed E-state index contributed by atoms with van der Waals surface area (Å²) in [5.74, 6) is 0. The standard InChI is InChI=1S/C16H14N2S/c1-11-5-4-6-12(9-11)15-10-16(19)18-14-8-3-2-7-13(14)17-15/h2-9H,10H2,1H3,(H,18,19). The zero-order chi connectivity index (χ0) is 13.2. The molecule has 0 saturated carbocycles. The van der Waals surface area contributed by atoms with E-state index in [9.17, 15) is 0 Å². The minimum absolute atomic E-state index is 0.674. The van der Waals surface area contributed by atoms with E-state index in [0.29, 0.717) is 6.42 Å². The van der Waals surface area contributed by atoms with Crippen LogP contribution in [0.25, 0.3) is 0 Å². The first-order valence-electron chi connectivity index (χ1n) is 6.26. The minimum atomic E-state index is 0.674. The molecule has 0 unspecified atom stereocenters. The van der Waals surface area contributed by atoms with Gasteiger partial charge in [0.1, 0.15) is 0 Å². The van der Waals surface area contributed by atoms with Gasteiger partial charge in [-0.25, -0.2) is 0 Å². The first kappa shape index (κ1) is 12.1. The van der Waals surface area contributed by atoms with Gasteiger partial charge in [-0.1, -0.05) is 54.2 Å². The average molecular weight is 266 g/mol. The lowest BCUT2D eigenvalue weighted by molar-refractivity contribution is 1.42.